The van der Waals surface area contributed by atoms with E-state index in [4.69, 9.17) is 10.8 Å². The molecule has 0 amide bonds. The smallest absolute Gasteiger partial charge is 0.0434 e. The molecule has 2 nitrogen and oxygen atoms in total. The van der Waals surface area contributed by atoms with Gasteiger partial charge in [-0.1, -0.05) is 6.92 Å². The highest BCUT2D eigenvalue weighted by molar-refractivity contribution is 4.48. The summed E-state index contributed by atoms with van der Waals surface area (Å²) in [5.41, 5.74) is 6.80. The van der Waals surface area contributed by atoms with Crippen molar-refractivity contribution in [1.82, 2.24) is 5.73 Å². The fraction of sp³-hybridized carbons (Fsp3) is 1.00. The van der Waals surface area contributed by atoms with Crippen LogP contribution in [0, 0.1) is 5.92 Å². The standard InChI is InChI=1S/C5H12NO/c1-5(4-6)2-3-7/h5-7H,2-4H2,1H3. The Balaban J connectivity index is 2.83. The molecule has 0 aromatic rings. The zero-order valence-electron chi connectivity index (χ0n) is 4.65. The topological polar surface area (TPSA) is 44.0 Å². The lowest BCUT2D eigenvalue weighted by Crippen LogP contribution is -2.03. The second-order valence-corrected chi connectivity index (χ2v) is 1.82. The summed E-state index contributed by atoms with van der Waals surface area (Å²) in [6, 6.07) is 0. The molecular formula is C5H12NO. The van der Waals surface area contributed by atoms with Crippen molar-refractivity contribution < 1.29 is 5.11 Å². The highest BCUT2D eigenvalue weighted by atomic mass is 16.3. The largest absolute Gasteiger partial charge is 0.396 e. The molecule has 0 saturated carbocycles. The predicted molar refractivity (Wildman–Crippen MR) is 28.8 cm³/mol. The Kier molecular flexibility index (Phi) is 4.04. The molecule has 7 heavy (non-hydrogen) atoms. The van der Waals surface area contributed by atoms with Crippen LogP contribution in [-0.4, -0.2) is 18.3 Å². The van der Waals surface area contributed by atoms with Crippen molar-refractivity contribution in [1.29, 1.82) is 0 Å². The second kappa shape index (κ2) is 4.09. The molecule has 0 bridgehead atoms. The molecule has 2 heteroatoms. The maximum Gasteiger partial charge on any atom is 0.0434 e. The van der Waals surface area contributed by atoms with Crippen molar-refractivity contribution in [3.63, 3.8) is 0 Å². The summed E-state index contributed by atoms with van der Waals surface area (Å²) in [6.07, 6.45) is 0.767. The van der Waals surface area contributed by atoms with Gasteiger partial charge in [-0.3, -0.25) is 5.73 Å². The van der Waals surface area contributed by atoms with Gasteiger partial charge in [-0.25, -0.2) is 0 Å². The number of nitrogens with one attached hydrogen (secondary N) is 1. The molecule has 1 unspecified atom stereocenters. The fourth-order valence-electron chi connectivity index (χ4n) is 0.322. The Bertz CT molecular complexity index is 39.1. The number of aliphatic hydroxyl groups is 1. The Morgan fingerprint density at radius 2 is 2.29 bits per heavy atom. The Hall–Kier alpha value is -0.0800. The van der Waals surface area contributed by atoms with Gasteiger partial charge in [0.25, 0.3) is 0 Å². The SMILES string of the molecule is CC(C[NH])CCO. The Morgan fingerprint density at radius 3 is 2.43 bits per heavy atom. The number of hydrogen-bond acceptors (Lipinski definition) is 1. The van der Waals surface area contributed by atoms with E-state index in [-0.39, 0.29) is 6.61 Å². The van der Waals surface area contributed by atoms with Gasteiger partial charge in [0.1, 0.15) is 0 Å². The third-order valence-electron chi connectivity index (χ3n) is 0.970. The van der Waals surface area contributed by atoms with E-state index in [0.29, 0.717) is 12.5 Å². The monoisotopic (exact) mass is 102 g/mol. The van der Waals surface area contributed by atoms with Crippen molar-refractivity contribution in [2.24, 2.45) is 5.92 Å². The molecular weight excluding hydrogens is 90.1 g/mol. The Morgan fingerprint density at radius 1 is 1.71 bits per heavy atom. The molecule has 0 aromatic carbocycles. The van der Waals surface area contributed by atoms with E-state index < -0.39 is 0 Å². The zero-order chi connectivity index (χ0) is 5.70. The number of aliphatic hydroxyl groups excluding tert-OH is 1. The Labute approximate surface area is 44.3 Å². The van der Waals surface area contributed by atoms with Crippen molar-refractivity contribution >= 4 is 0 Å². The normalized spacial score (nSPS) is 14.1. The molecule has 0 rings (SSSR count). The molecule has 0 aromatic heterocycles. The molecule has 2 N–H and O–H groups in total. The van der Waals surface area contributed by atoms with Crippen LogP contribution in [-0.2, 0) is 0 Å². The lowest BCUT2D eigenvalue weighted by atomic mass is 10.1. The molecule has 0 aliphatic rings. The van der Waals surface area contributed by atoms with Gasteiger partial charge in [-0.05, 0) is 12.3 Å². The molecule has 0 aliphatic heterocycles. The van der Waals surface area contributed by atoms with E-state index >= 15 is 0 Å². The van der Waals surface area contributed by atoms with Gasteiger partial charge in [0, 0.05) is 13.2 Å². The molecule has 0 aliphatic carbocycles. The van der Waals surface area contributed by atoms with Gasteiger partial charge in [-0.15, -0.1) is 0 Å². The van der Waals surface area contributed by atoms with Gasteiger partial charge in [-0.2, -0.15) is 0 Å². The van der Waals surface area contributed by atoms with Crippen molar-refractivity contribution in [3.8, 4) is 0 Å². The number of hydrogen-bond donors (Lipinski definition) is 1. The zero-order valence-corrected chi connectivity index (χ0v) is 4.65. The van der Waals surface area contributed by atoms with Crippen molar-refractivity contribution in [2.75, 3.05) is 13.2 Å². The van der Waals surface area contributed by atoms with Gasteiger partial charge in [0.15, 0.2) is 0 Å². The van der Waals surface area contributed by atoms with Crippen LogP contribution in [0.5, 0.6) is 0 Å². The predicted octanol–water partition coefficient (Wildman–Crippen LogP) is 0.288. The molecule has 0 spiro atoms. The number of rotatable bonds is 3. The summed E-state index contributed by atoms with van der Waals surface area (Å²) < 4.78 is 0. The molecule has 0 fully saturated rings. The van der Waals surface area contributed by atoms with E-state index in [1.54, 1.807) is 0 Å². The van der Waals surface area contributed by atoms with Crippen LogP contribution in [0.15, 0.2) is 0 Å². The maximum absolute atomic E-state index is 8.28. The van der Waals surface area contributed by atoms with E-state index in [0.717, 1.165) is 6.42 Å². The minimum atomic E-state index is 0.222. The van der Waals surface area contributed by atoms with Crippen LogP contribution >= 0.6 is 0 Å². The summed E-state index contributed by atoms with van der Waals surface area (Å²) in [4.78, 5) is 0. The van der Waals surface area contributed by atoms with Gasteiger partial charge >= 0.3 is 0 Å². The third-order valence-corrected chi connectivity index (χ3v) is 0.970. The van der Waals surface area contributed by atoms with Crippen molar-refractivity contribution in [2.45, 2.75) is 13.3 Å². The summed E-state index contributed by atoms with van der Waals surface area (Å²) in [6.45, 7) is 2.61. The van der Waals surface area contributed by atoms with Crippen LogP contribution in [0.25, 0.3) is 0 Å². The second-order valence-electron chi connectivity index (χ2n) is 1.82. The van der Waals surface area contributed by atoms with E-state index in [1.165, 1.54) is 0 Å². The average molecular weight is 102 g/mol. The van der Waals surface area contributed by atoms with Crippen LogP contribution in [0.1, 0.15) is 13.3 Å². The van der Waals surface area contributed by atoms with Gasteiger partial charge in [0.05, 0.1) is 0 Å². The minimum absolute atomic E-state index is 0.222. The van der Waals surface area contributed by atoms with Gasteiger partial charge in [0.2, 0.25) is 0 Å². The summed E-state index contributed by atoms with van der Waals surface area (Å²) in [7, 11) is 0. The molecule has 43 valence electrons. The first-order chi connectivity index (χ1) is 3.31. The maximum atomic E-state index is 8.28. The van der Waals surface area contributed by atoms with E-state index in [2.05, 4.69) is 0 Å². The molecule has 1 atom stereocenters. The highest BCUT2D eigenvalue weighted by Gasteiger charge is 1.94. The van der Waals surface area contributed by atoms with Gasteiger partial charge < -0.3 is 5.11 Å². The molecule has 0 heterocycles. The first-order valence-electron chi connectivity index (χ1n) is 2.56. The lowest BCUT2D eigenvalue weighted by Gasteiger charge is -2.01. The van der Waals surface area contributed by atoms with Crippen LogP contribution < -0.4 is 5.73 Å². The molecule has 0 saturated heterocycles. The fourth-order valence-corrected chi connectivity index (χ4v) is 0.322. The quantitative estimate of drug-likeness (QED) is 0.546. The van der Waals surface area contributed by atoms with E-state index in [1.807, 2.05) is 6.92 Å². The minimum Gasteiger partial charge on any atom is -0.396 e. The van der Waals surface area contributed by atoms with Crippen LogP contribution in [0.2, 0.25) is 0 Å². The summed E-state index contributed by atoms with van der Waals surface area (Å²) in [5.74, 6) is 0.366. The summed E-state index contributed by atoms with van der Waals surface area (Å²) >= 11 is 0. The first kappa shape index (κ1) is 6.92. The molecule has 1 radical (unpaired) electrons. The third kappa shape index (κ3) is 3.76. The van der Waals surface area contributed by atoms with E-state index in [9.17, 15) is 0 Å². The van der Waals surface area contributed by atoms with Crippen LogP contribution in [0.4, 0.5) is 0 Å². The summed E-state index contributed by atoms with van der Waals surface area (Å²) in [5, 5.41) is 8.28. The first-order valence-corrected chi connectivity index (χ1v) is 2.56. The lowest BCUT2D eigenvalue weighted by molar-refractivity contribution is 0.264. The van der Waals surface area contributed by atoms with Crippen LogP contribution in [0.3, 0.4) is 0 Å². The highest BCUT2D eigenvalue weighted by Crippen LogP contribution is 1.95. The van der Waals surface area contributed by atoms with Crippen molar-refractivity contribution in [3.05, 3.63) is 0 Å². The average Bonchev–Trinajstić information content (AvgIpc) is 1.68.